The number of aryl methyl sites for hydroxylation is 2. The van der Waals surface area contributed by atoms with Crippen molar-refractivity contribution in [1.29, 1.82) is 0 Å². The van der Waals surface area contributed by atoms with Gasteiger partial charge in [-0.05, 0) is 69.9 Å². The van der Waals surface area contributed by atoms with Crippen LogP contribution in [0.2, 0.25) is 0 Å². The standard InChI is InChI=1S/C23H25N3O3/c1-13-8-11-20-18(12-13)22(28)26(19-7-5-6-14(2)15(19)3)23(29)25(20)16(4)21(27)24-17-9-10-17/h5-8,11-12,16-17H,9-10H2,1-4H3,(H,24,27). The Morgan fingerprint density at radius 3 is 2.52 bits per heavy atom. The van der Waals surface area contributed by atoms with Crippen molar-refractivity contribution in [2.75, 3.05) is 0 Å². The first-order valence-electron chi connectivity index (χ1n) is 9.94. The number of aromatic nitrogens is 2. The minimum Gasteiger partial charge on any atom is -0.352 e. The van der Waals surface area contributed by atoms with Gasteiger partial charge in [-0.1, -0.05) is 23.8 Å². The maximum absolute atomic E-state index is 13.5. The molecule has 1 N–H and O–H groups in total. The van der Waals surface area contributed by atoms with E-state index in [1.165, 1.54) is 9.13 Å². The molecule has 0 aliphatic heterocycles. The van der Waals surface area contributed by atoms with Crippen molar-refractivity contribution in [2.45, 2.75) is 52.6 Å². The highest BCUT2D eigenvalue weighted by Crippen LogP contribution is 2.22. The molecule has 1 fully saturated rings. The van der Waals surface area contributed by atoms with Crippen molar-refractivity contribution in [2.24, 2.45) is 0 Å². The molecule has 4 rings (SSSR count). The van der Waals surface area contributed by atoms with Crippen molar-refractivity contribution in [1.82, 2.24) is 14.5 Å². The van der Waals surface area contributed by atoms with Crippen molar-refractivity contribution >= 4 is 16.8 Å². The van der Waals surface area contributed by atoms with Gasteiger partial charge in [-0.3, -0.25) is 14.2 Å². The number of carbonyl (C=O) groups excluding carboxylic acids is 1. The number of amides is 1. The maximum Gasteiger partial charge on any atom is 0.336 e. The molecule has 29 heavy (non-hydrogen) atoms. The summed E-state index contributed by atoms with van der Waals surface area (Å²) in [4.78, 5) is 39.6. The van der Waals surface area contributed by atoms with Gasteiger partial charge in [-0.25, -0.2) is 9.36 Å². The fraction of sp³-hybridized carbons (Fsp3) is 0.348. The molecule has 1 aliphatic rings. The molecule has 150 valence electrons. The second-order valence-corrected chi connectivity index (χ2v) is 7.99. The molecule has 1 aromatic heterocycles. The van der Waals surface area contributed by atoms with Gasteiger partial charge in [0.2, 0.25) is 5.91 Å². The lowest BCUT2D eigenvalue weighted by Gasteiger charge is -2.20. The second-order valence-electron chi connectivity index (χ2n) is 7.99. The monoisotopic (exact) mass is 391 g/mol. The van der Waals surface area contributed by atoms with Gasteiger partial charge in [0.25, 0.3) is 5.56 Å². The Morgan fingerprint density at radius 2 is 1.83 bits per heavy atom. The van der Waals surface area contributed by atoms with Crippen molar-refractivity contribution in [3.05, 3.63) is 73.9 Å². The van der Waals surface area contributed by atoms with Gasteiger partial charge in [0.15, 0.2) is 0 Å². The van der Waals surface area contributed by atoms with Gasteiger partial charge in [-0.2, -0.15) is 0 Å². The largest absolute Gasteiger partial charge is 0.352 e. The smallest absolute Gasteiger partial charge is 0.336 e. The zero-order valence-electron chi connectivity index (χ0n) is 17.2. The number of rotatable bonds is 4. The van der Waals surface area contributed by atoms with E-state index in [4.69, 9.17) is 0 Å². The van der Waals surface area contributed by atoms with Crippen LogP contribution in [-0.2, 0) is 4.79 Å². The topological polar surface area (TPSA) is 73.1 Å². The molecule has 1 heterocycles. The SMILES string of the molecule is Cc1ccc2c(c1)c(=O)n(-c1cccc(C)c1C)c(=O)n2C(C)C(=O)NC1CC1. The van der Waals surface area contributed by atoms with E-state index in [1.807, 2.05) is 39.0 Å². The summed E-state index contributed by atoms with van der Waals surface area (Å²) in [5.41, 5.74) is 2.93. The average Bonchev–Trinajstić information content (AvgIpc) is 3.49. The summed E-state index contributed by atoms with van der Waals surface area (Å²) in [7, 11) is 0. The van der Waals surface area contributed by atoms with E-state index < -0.39 is 11.7 Å². The van der Waals surface area contributed by atoms with E-state index in [0.29, 0.717) is 16.6 Å². The first-order chi connectivity index (χ1) is 13.8. The third-order valence-corrected chi connectivity index (χ3v) is 5.75. The molecule has 1 amide bonds. The van der Waals surface area contributed by atoms with Gasteiger partial charge in [0.05, 0.1) is 16.6 Å². The van der Waals surface area contributed by atoms with E-state index in [1.54, 1.807) is 25.1 Å². The van der Waals surface area contributed by atoms with Crippen molar-refractivity contribution < 1.29 is 4.79 Å². The molecule has 0 bridgehead atoms. The minimum absolute atomic E-state index is 0.194. The molecule has 1 aliphatic carbocycles. The van der Waals surface area contributed by atoms with Crippen LogP contribution in [0, 0.1) is 20.8 Å². The lowest BCUT2D eigenvalue weighted by Crippen LogP contribution is -2.44. The highest BCUT2D eigenvalue weighted by Gasteiger charge is 2.28. The molecule has 0 saturated heterocycles. The lowest BCUT2D eigenvalue weighted by atomic mass is 10.1. The van der Waals surface area contributed by atoms with Crippen LogP contribution in [0.1, 0.15) is 42.5 Å². The van der Waals surface area contributed by atoms with Gasteiger partial charge in [-0.15, -0.1) is 0 Å². The number of carbonyl (C=O) groups is 1. The number of nitrogens with zero attached hydrogens (tertiary/aromatic N) is 2. The van der Waals surface area contributed by atoms with Gasteiger partial charge in [0.1, 0.15) is 6.04 Å². The van der Waals surface area contributed by atoms with Crippen LogP contribution in [0.25, 0.3) is 16.6 Å². The van der Waals surface area contributed by atoms with E-state index in [9.17, 15) is 14.4 Å². The molecule has 6 heteroatoms. The van der Waals surface area contributed by atoms with Crippen LogP contribution in [-0.4, -0.2) is 21.1 Å². The summed E-state index contributed by atoms with van der Waals surface area (Å²) < 4.78 is 2.64. The minimum atomic E-state index is -0.731. The van der Waals surface area contributed by atoms with Gasteiger partial charge >= 0.3 is 5.69 Å². The predicted octanol–water partition coefficient (Wildman–Crippen LogP) is 2.92. The van der Waals surface area contributed by atoms with E-state index in [2.05, 4.69) is 5.32 Å². The molecule has 1 unspecified atom stereocenters. The summed E-state index contributed by atoms with van der Waals surface area (Å²) in [5.74, 6) is -0.206. The number of hydrogen-bond acceptors (Lipinski definition) is 3. The van der Waals surface area contributed by atoms with E-state index in [0.717, 1.165) is 29.5 Å². The van der Waals surface area contributed by atoms with Crippen LogP contribution in [0.5, 0.6) is 0 Å². The molecule has 2 aromatic carbocycles. The third-order valence-electron chi connectivity index (χ3n) is 5.75. The second kappa shape index (κ2) is 7.03. The fourth-order valence-electron chi connectivity index (χ4n) is 3.68. The Morgan fingerprint density at radius 1 is 1.10 bits per heavy atom. The zero-order valence-corrected chi connectivity index (χ0v) is 17.2. The molecule has 3 aromatic rings. The van der Waals surface area contributed by atoms with Crippen LogP contribution in [0.4, 0.5) is 0 Å². The number of hydrogen-bond donors (Lipinski definition) is 1. The zero-order chi connectivity index (χ0) is 20.9. The quantitative estimate of drug-likeness (QED) is 0.743. The summed E-state index contributed by atoms with van der Waals surface area (Å²) in [6.45, 7) is 7.44. The molecule has 1 saturated carbocycles. The maximum atomic E-state index is 13.5. The molecule has 1 atom stereocenters. The fourth-order valence-corrected chi connectivity index (χ4v) is 3.68. The van der Waals surface area contributed by atoms with Crippen LogP contribution < -0.4 is 16.6 Å². The Balaban J connectivity index is 2.04. The molecular weight excluding hydrogens is 366 g/mol. The highest BCUT2D eigenvalue weighted by atomic mass is 16.2. The first-order valence-corrected chi connectivity index (χ1v) is 9.94. The first kappa shape index (κ1) is 19.2. The van der Waals surface area contributed by atoms with Crippen molar-refractivity contribution in [3.8, 4) is 5.69 Å². The molecule has 6 nitrogen and oxygen atoms in total. The van der Waals surface area contributed by atoms with Gasteiger partial charge < -0.3 is 5.32 Å². The van der Waals surface area contributed by atoms with Crippen LogP contribution >= 0.6 is 0 Å². The summed E-state index contributed by atoms with van der Waals surface area (Å²) >= 11 is 0. The Kier molecular flexibility index (Phi) is 4.65. The highest BCUT2D eigenvalue weighted by molar-refractivity contribution is 5.85. The summed E-state index contributed by atoms with van der Waals surface area (Å²) in [6, 6.07) is 10.4. The molecular formula is C23H25N3O3. The number of benzene rings is 2. The average molecular weight is 391 g/mol. The van der Waals surface area contributed by atoms with Crippen molar-refractivity contribution in [3.63, 3.8) is 0 Å². The van der Waals surface area contributed by atoms with Crippen LogP contribution in [0.3, 0.4) is 0 Å². The van der Waals surface area contributed by atoms with Gasteiger partial charge in [0, 0.05) is 6.04 Å². The Labute approximate surface area is 168 Å². The third kappa shape index (κ3) is 3.28. The Hall–Kier alpha value is -3.15. The van der Waals surface area contributed by atoms with E-state index in [-0.39, 0.29) is 17.5 Å². The number of fused-ring (bicyclic) bond motifs is 1. The summed E-state index contributed by atoms with van der Waals surface area (Å²) in [5, 5.41) is 3.39. The Bertz CT molecular complexity index is 1250. The summed E-state index contributed by atoms with van der Waals surface area (Å²) in [6.07, 6.45) is 1.94. The molecule has 0 radical (unpaired) electrons. The van der Waals surface area contributed by atoms with E-state index >= 15 is 0 Å². The molecule has 0 spiro atoms. The lowest BCUT2D eigenvalue weighted by molar-refractivity contribution is -0.124. The normalized spacial score (nSPS) is 14.8. The predicted molar refractivity (Wildman–Crippen MR) is 114 cm³/mol. The van der Waals surface area contributed by atoms with Crippen LogP contribution in [0.15, 0.2) is 46.0 Å². The number of nitrogens with one attached hydrogen (secondary N) is 1.